The van der Waals surface area contributed by atoms with Gasteiger partial charge in [-0.1, -0.05) is 17.7 Å². The molecule has 1 atom stereocenters. The molecule has 0 aliphatic carbocycles. The van der Waals surface area contributed by atoms with Crippen LogP contribution in [-0.4, -0.2) is 73.0 Å². The highest BCUT2D eigenvalue weighted by molar-refractivity contribution is 7.99. The molecule has 0 spiro atoms. The zero-order valence-electron chi connectivity index (χ0n) is 14.3. The number of halogens is 1. The van der Waals surface area contributed by atoms with Gasteiger partial charge in [-0.05, 0) is 37.3 Å². The lowest BCUT2D eigenvalue weighted by atomic mass is 10.0. The predicted molar refractivity (Wildman–Crippen MR) is 103 cm³/mol. The molecule has 132 valence electrons. The first kappa shape index (κ1) is 17.9. The van der Waals surface area contributed by atoms with Crippen molar-refractivity contribution in [3.05, 3.63) is 29.3 Å². The molecule has 1 aromatic carbocycles. The summed E-state index contributed by atoms with van der Waals surface area (Å²) in [5.74, 6) is 0.902. The fourth-order valence-electron chi connectivity index (χ4n) is 3.71. The maximum Gasteiger partial charge on any atom is 0.232 e. The van der Waals surface area contributed by atoms with Gasteiger partial charge in [0, 0.05) is 56.0 Å². The summed E-state index contributed by atoms with van der Waals surface area (Å²) in [5.41, 5.74) is 1.21. The molecule has 0 N–H and O–H groups in total. The summed E-state index contributed by atoms with van der Waals surface area (Å²) in [4.78, 5) is 19.2. The summed E-state index contributed by atoms with van der Waals surface area (Å²) in [6.45, 7) is 5.99. The molecule has 0 unspecified atom stereocenters. The van der Waals surface area contributed by atoms with E-state index in [0.29, 0.717) is 17.7 Å². The Morgan fingerprint density at radius 1 is 1.25 bits per heavy atom. The summed E-state index contributed by atoms with van der Waals surface area (Å²) >= 11 is 7.73. The van der Waals surface area contributed by atoms with E-state index in [9.17, 15) is 4.79 Å². The van der Waals surface area contributed by atoms with Gasteiger partial charge < -0.3 is 9.80 Å². The van der Waals surface area contributed by atoms with Crippen LogP contribution in [-0.2, 0) is 4.79 Å². The fourth-order valence-corrected chi connectivity index (χ4v) is 4.33. The second kappa shape index (κ2) is 8.45. The van der Waals surface area contributed by atoms with Gasteiger partial charge >= 0.3 is 0 Å². The number of carbonyl (C=O) groups is 1. The molecule has 3 rings (SSSR count). The third kappa shape index (κ3) is 4.38. The van der Waals surface area contributed by atoms with Crippen molar-refractivity contribution in [3.63, 3.8) is 0 Å². The minimum absolute atomic E-state index is 0.296. The van der Waals surface area contributed by atoms with Crippen LogP contribution < -0.4 is 4.90 Å². The topological polar surface area (TPSA) is 26.8 Å². The molecule has 2 aliphatic heterocycles. The number of likely N-dealkylation sites (tertiary alicyclic amines) is 1. The number of carbonyl (C=O) groups excluding carboxylic acids is 1. The number of thioether (sulfide) groups is 1. The third-order valence-electron chi connectivity index (χ3n) is 5.02. The van der Waals surface area contributed by atoms with Crippen LogP contribution in [0.25, 0.3) is 0 Å². The third-order valence-corrected chi connectivity index (χ3v) is 5.79. The van der Waals surface area contributed by atoms with E-state index in [2.05, 4.69) is 20.8 Å². The fraction of sp³-hybridized carbons (Fsp3) is 0.611. The van der Waals surface area contributed by atoms with Gasteiger partial charge in [-0.15, -0.1) is 0 Å². The number of piperazine rings is 1. The van der Waals surface area contributed by atoms with Crippen LogP contribution in [0.1, 0.15) is 12.8 Å². The highest BCUT2D eigenvalue weighted by atomic mass is 35.5. The molecule has 2 heterocycles. The van der Waals surface area contributed by atoms with Crippen LogP contribution in [0.5, 0.6) is 0 Å². The second-order valence-corrected chi connectivity index (χ2v) is 7.87. The molecule has 24 heavy (non-hydrogen) atoms. The molecule has 0 bridgehead atoms. The smallest absolute Gasteiger partial charge is 0.232 e. The first-order chi connectivity index (χ1) is 11.7. The Balaban J connectivity index is 1.53. The highest BCUT2D eigenvalue weighted by Crippen LogP contribution is 2.23. The zero-order chi connectivity index (χ0) is 16.9. The Hall–Kier alpha value is -0.910. The quantitative estimate of drug-likeness (QED) is 0.817. The summed E-state index contributed by atoms with van der Waals surface area (Å²) in [6.07, 6.45) is 4.33. The van der Waals surface area contributed by atoms with E-state index in [1.807, 2.05) is 24.5 Å². The van der Waals surface area contributed by atoms with Gasteiger partial charge in [0.25, 0.3) is 0 Å². The van der Waals surface area contributed by atoms with E-state index in [-0.39, 0.29) is 0 Å². The van der Waals surface area contributed by atoms with Crippen LogP contribution in [0.15, 0.2) is 24.3 Å². The lowest BCUT2D eigenvalue weighted by Gasteiger charge is -2.44. The van der Waals surface area contributed by atoms with Gasteiger partial charge in [0.2, 0.25) is 5.91 Å². The molecule has 2 aliphatic rings. The van der Waals surface area contributed by atoms with Crippen molar-refractivity contribution in [1.82, 2.24) is 9.80 Å². The molecule has 4 nitrogen and oxygen atoms in total. The Morgan fingerprint density at radius 2 is 2.04 bits per heavy atom. The first-order valence-electron chi connectivity index (χ1n) is 8.68. The number of rotatable bonds is 4. The number of amides is 1. The lowest BCUT2D eigenvalue weighted by molar-refractivity contribution is -0.130. The van der Waals surface area contributed by atoms with Crippen LogP contribution in [0.4, 0.5) is 5.69 Å². The van der Waals surface area contributed by atoms with Gasteiger partial charge in [0.1, 0.15) is 0 Å². The van der Waals surface area contributed by atoms with E-state index in [0.717, 1.165) is 50.7 Å². The van der Waals surface area contributed by atoms with Crippen LogP contribution in [0, 0.1) is 0 Å². The minimum Gasteiger partial charge on any atom is -0.369 e. The van der Waals surface area contributed by atoms with Gasteiger partial charge in [-0.2, -0.15) is 11.8 Å². The minimum atomic E-state index is 0.296. The second-order valence-electron chi connectivity index (χ2n) is 6.57. The average Bonchev–Trinajstić information content (AvgIpc) is 2.62. The Bertz CT molecular complexity index is 563. The first-order valence-corrected chi connectivity index (χ1v) is 10.5. The van der Waals surface area contributed by atoms with E-state index in [1.165, 1.54) is 12.1 Å². The number of hydrogen-bond acceptors (Lipinski definition) is 4. The molecule has 0 radical (unpaired) electrons. The molecule has 0 aromatic heterocycles. The van der Waals surface area contributed by atoms with Gasteiger partial charge in [-0.25, -0.2) is 0 Å². The summed E-state index contributed by atoms with van der Waals surface area (Å²) < 4.78 is 0. The van der Waals surface area contributed by atoms with E-state index in [4.69, 9.17) is 11.6 Å². The van der Waals surface area contributed by atoms with Crippen molar-refractivity contribution in [2.45, 2.75) is 18.9 Å². The van der Waals surface area contributed by atoms with E-state index >= 15 is 0 Å². The van der Waals surface area contributed by atoms with Crippen molar-refractivity contribution < 1.29 is 4.79 Å². The maximum absolute atomic E-state index is 12.2. The summed E-state index contributed by atoms with van der Waals surface area (Å²) in [7, 11) is 0. The van der Waals surface area contributed by atoms with Gasteiger partial charge in [-0.3, -0.25) is 9.69 Å². The van der Waals surface area contributed by atoms with E-state index in [1.54, 1.807) is 11.8 Å². The largest absolute Gasteiger partial charge is 0.369 e. The molecule has 6 heteroatoms. The van der Waals surface area contributed by atoms with E-state index < -0.39 is 0 Å². The lowest BCUT2D eigenvalue weighted by Crippen LogP contribution is -2.56. The number of piperidine rings is 1. The summed E-state index contributed by atoms with van der Waals surface area (Å²) in [6, 6.07) is 8.63. The van der Waals surface area contributed by atoms with Crippen LogP contribution in [0.3, 0.4) is 0 Å². The molecular formula is C18H26ClN3OS. The molecule has 1 aromatic rings. The normalized spacial score (nSPS) is 22.7. The SMILES string of the molecule is CSCC(=O)N1CCC[C@H](N2CCN(c3cccc(Cl)c3)CC2)C1. The zero-order valence-corrected chi connectivity index (χ0v) is 15.9. The van der Waals surface area contributed by atoms with Crippen molar-refractivity contribution in [2.24, 2.45) is 0 Å². The number of nitrogens with zero attached hydrogens (tertiary/aromatic N) is 3. The molecule has 2 saturated heterocycles. The van der Waals surface area contributed by atoms with Crippen molar-refractivity contribution >= 4 is 35.0 Å². The number of anilines is 1. The van der Waals surface area contributed by atoms with Crippen LogP contribution >= 0.6 is 23.4 Å². The Morgan fingerprint density at radius 3 is 2.75 bits per heavy atom. The molecule has 0 saturated carbocycles. The number of benzene rings is 1. The van der Waals surface area contributed by atoms with Gasteiger partial charge in [0.15, 0.2) is 0 Å². The Labute approximate surface area is 154 Å². The molecule has 2 fully saturated rings. The molecule has 1 amide bonds. The number of hydrogen-bond donors (Lipinski definition) is 0. The van der Waals surface area contributed by atoms with Crippen LogP contribution in [0.2, 0.25) is 5.02 Å². The summed E-state index contributed by atoms with van der Waals surface area (Å²) in [5, 5.41) is 0.796. The van der Waals surface area contributed by atoms with Gasteiger partial charge in [0.05, 0.1) is 5.75 Å². The standard InChI is InChI=1S/C18H26ClN3OS/c1-24-14-18(23)22-7-3-6-17(13-22)21-10-8-20(9-11-21)16-5-2-4-15(19)12-16/h2,4-5,12,17H,3,6-11,13-14H2,1H3/t17-/m0/s1. The van der Waals surface area contributed by atoms with Crippen molar-refractivity contribution in [3.8, 4) is 0 Å². The highest BCUT2D eigenvalue weighted by Gasteiger charge is 2.29. The Kier molecular flexibility index (Phi) is 6.31. The average molecular weight is 368 g/mol. The predicted octanol–water partition coefficient (Wildman–Crippen LogP) is 2.82. The monoisotopic (exact) mass is 367 g/mol. The van der Waals surface area contributed by atoms with Crippen molar-refractivity contribution in [1.29, 1.82) is 0 Å². The maximum atomic E-state index is 12.2. The molecular weight excluding hydrogens is 342 g/mol. The van der Waals surface area contributed by atoms with Crippen molar-refractivity contribution in [2.75, 3.05) is 56.2 Å².